The highest BCUT2D eigenvalue weighted by Crippen LogP contribution is 2.16. The lowest BCUT2D eigenvalue weighted by Gasteiger charge is -2.09. The Balaban J connectivity index is 0.00000243. The number of nitrogens with zero attached hydrogens (tertiary/aromatic N) is 4. The number of nitrogens with one attached hydrogen (secondary N) is 2. The lowest BCUT2D eigenvalue weighted by molar-refractivity contribution is 0.807. The van der Waals surface area contributed by atoms with Crippen LogP contribution in [0.5, 0.6) is 0 Å². The van der Waals surface area contributed by atoms with E-state index in [1.807, 2.05) is 23.7 Å². The molecule has 0 aromatic carbocycles. The van der Waals surface area contributed by atoms with Gasteiger partial charge < -0.3 is 15.0 Å². The Hall–Kier alpha value is -1.68. The molecule has 3 aromatic heterocycles. The van der Waals surface area contributed by atoms with Crippen molar-refractivity contribution in [3.63, 3.8) is 0 Å². The molecule has 3 heterocycles. The second-order valence-electron chi connectivity index (χ2n) is 6.00. The number of aryl methyl sites for hydroxylation is 3. The molecule has 140 valence electrons. The Bertz CT molecular complexity index is 879. The zero-order valence-corrected chi connectivity index (χ0v) is 18.7. The van der Waals surface area contributed by atoms with Crippen molar-refractivity contribution in [1.29, 1.82) is 0 Å². The van der Waals surface area contributed by atoms with Crippen LogP contribution in [0, 0.1) is 20.8 Å². The van der Waals surface area contributed by atoms with Crippen LogP contribution in [0.2, 0.25) is 0 Å². The Morgan fingerprint density at radius 2 is 2.04 bits per heavy atom. The predicted molar refractivity (Wildman–Crippen MR) is 119 cm³/mol. The molecule has 0 saturated heterocycles. The second kappa shape index (κ2) is 9.31. The van der Waals surface area contributed by atoms with Gasteiger partial charge in [-0.2, -0.15) is 0 Å². The number of fused-ring (bicyclic) bond motifs is 1. The van der Waals surface area contributed by atoms with E-state index in [-0.39, 0.29) is 24.0 Å². The zero-order valence-electron chi connectivity index (χ0n) is 15.5. The van der Waals surface area contributed by atoms with Gasteiger partial charge in [0.2, 0.25) is 0 Å². The molecule has 0 aliphatic rings. The smallest absolute Gasteiger partial charge is 0.191 e. The van der Waals surface area contributed by atoms with E-state index in [4.69, 9.17) is 0 Å². The van der Waals surface area contributed by atoms with E-state index < -0.39 is 0 Å². The Labute approximate surface area is 175 Å². The molecule has 0 atom stereocenters. The molecule has 0 radical (unpaired) electrons. The number of aliphatic imine (C=N–C) groups is 1. The molecule has 0 unspecified atom stereocenters. The van der Waals surface area contributed by atoms with Crippen LogP contribution >= 0.6 is 35.3 Å². The molecular weight excluding hydrogens is 459 g/mol. The van der Waals surface area contributed by atoms with Crippen LogP contribution in [0.3, 0.4) is 0 Å². The minimum absolute atomic E-state index is 0. The van der Waals surface area contributed by atoms with Crippen molar-refractivity contribution < 1.29 is 0 Å². The maximum Gasteiger partial charge on any atom is 0.191 e. The highest BCUT2D eigenvalue weighted by atomic mass is 127. The summed E-state index contributed by atoms with van der Waals surface area (Å²) in [6.45, 7) is 10.3. The Morgan fingerprint density at radius 3 is 2.73 bits per heavy atom. The van der Waals surface area contributed by atoms with Gasteiger partial charge in [0.15, 0.2) is 5.96 Å². The second-order valence-corrected chi connectivity index (χ2v) is 7.29. The molecule has 26 heavy (non-hydrogen) atoms. The maximum absolute atomic E-state index is 4.64. The normalized spacial score (nSPS) is 11.5. The lowest BCUT2D eigenvalue weighted by Crippen LogP contribution is -2.36. The van der Waals surface area contributed by atoms with Gasteiger partial charge in [-0.25, -0.2) is 15.0 Å². The summed E-state index contributed by atoms with van der Waals surface area (Å²) in [5, 5.41) is 7.68. The van der Waals surface area contributed by atoms with Crippen LogP contribution in [-0.4, -0.2) is 26.9 Å². The number of hydrogen-bond acceptors (Lipinski definition) is 4. The zero-order chi connectivity index (χ0) is 17.8. The number of pyridine rings is 1. The van der Waals surface area contributed by atoms with Crippen molar-refractivity contribution >= 4 is 46.9 Å². The minimum atomic E-state index is 0. The molecule has 2 N–H and O–H groups in total. The van der Waals surface area contributed by atoms with Crippen LogP contribution < -0.4 is 10.6 Å². The van der Waals surface area contributed by atoms with Crippen LogP contribution in [0.25, 0.3) is 5.65 Å². The van der Waals surface area contributed by atoms with E-state index >= 15 is 0 Å². The van der Waals surface area contributed by atoms with Crippen LogP contribution in [-0.2, 0) is 13.1 Å². The van der Waals surface area contributed by atoms with Gasteiger partial charge in [-0.05, 0) is 45.4 Å². The number of imidazole rings is 1. The number of guanidine groups is 1. The molecule has 0 saturated carbocycles. The molecule has 0 aliphatic carbocycles. The van der Waals surface area contributed by atoms with E-state index in [0.29, 0.717) is 13.1 Å². The molecular formula is C18H25IN6S. The molecule has 0 amide bonds. The van der Waals surface area contributed by atoms with Gasteiger partial charge in [-0.3, -0.25) is 0 Å². The van der Waals surface area contributed by atoms with Crippen molar-refractivity contribution in [1.82, 2.24) is 25.0 Å². The first-order chi connectivity index (χ1) is 12.0. The SMILES string of the molecule is CCNC(=NCc1cn2ccc(C)cc2n1)NCc1nc(C)c(C)s1.I. The molecule has 8 heteroatoms. The van der Waals surface area contributed by atoms with Crippen LogP contribution in [0.15, 0.2) is 29.5 Å². The molecule has 3 rings (SSSR count). The summed E-state index contributed by atoms with van der Waals surface area (Å²) in [7, 11) is 0. The third kappa shape index (κ3) is 5.16. The van der Waals surface area contributed by atoms with Crippen molar-refractivity contribution in [2.24, 2.45) is 4.99 Å². The third-order valence-electron chi connectivity index (χ3n) is 3.89. The summed E-state index contributed by atoms with van der Waals surface area (Å²) in [6, 6.07) is 4.15. The monoisotopic (exact) mass is 484 g/mol. The number of aromatic nitrogens is 3. The van der Waals surface area contributed by atoms with E-state index in [0.717, 1.165) is 34.5 Å². The van der Waals surface area contributed by atoms with Gasteiger partial charge in [-0.1, -0.05) is 0 Å². The van der Waals surface area contributed by atoms with E-state index in [1.54, 1.807) is 11.3 Å². The van der Waals surface area contributed by atoms with Gasteiger partial charge in [-0.15, -0.1) is 35.3 Å². The summed E-state index contributed by atoms with van der Waals surface area (Å²) >= 11 is 1.72. The summed E-state index contributed by atoms with van der Waals surface area (Å²) in [6.07, 6.45) is 4.05. The minimum Gasteiger partial charge on any atom is -0.357 e. The van der Waals surface area contributed by atoms with Crippen molar-refractivity contribution in [3.8, 4) is 0 Å². The van der Waals surface area contributed by atoms with Gasteiger partial charge in [0.1, 0.15) is 10.7 Å². The van der Waals surface area contributed by atoms with Gasteiger partial charge in [0.05, 0.1) is 24.5 Å². The van der Waals surface area contributed by atoms with Crippen molar-refractivity contribution in [2.75, 3.05) is 6.54 Å². The first kappa shape index (κ1) is 20.6. The standard InChI is InChI=1S/C18H24N6S.HI/c1-5-19-18(21-10-17-22-13(3)14(4)25-17)20-9-15-11-24-7-6-12(2)8-16(24)23-15;/h6-8,11H,5,9-10H2,1-4H3,(H2,19,20,21);1H. The Morgan fingerprint density at radius 1 is 1.23 bits per heavy atom. The molecule has 0 fully saturated rings. The highest BCUT2D eigenvalue weighted by molar-refractivity contribution is 14.0. The summed E-state index contributed by atoms with van der Waals surface area (Å²) < 4.78 is 2.03. The van der Waals surface area contributed by atoms with Crippen molar-refractivity contribution in [2.45, 2.75) is 40.8 Å². The van der Waals surface area contributed by atoms with Gasteiger partial charge >= 0.3 is 0 Å². The van der Waals surface area contributed by atoms with Crippen molar-refractivity contribution in [3.05, 3.63) is 51.4 Å². The highest BCUT2D eigenvalue weighted by Gasteiger charge is 2.06. The van der Waals surface area contributed by atoms with Gasteiger partial charge in [0.25, 0.3) is 0 Å². The summed E-state index contributed by atoms with van der Waals surface area (Å²) in [5.41, 5.74) is 4.21. The summed E-state index contributed by atoms with van der Waals surface area (Å²) in [5.74, 6) is 0.779. The van der Waals surface area contributed by atoms with Crippen LogP contribution in [0.4, 0.5) is 0 Å². The van der Waals surface area contributed by atoms with E-state index in [1.165, 1.54) is 10.4 Å². The largest absolute Gasteiger partial charge is 0.357 e. The topological polar surface area (TPSA) is 66.6 Å². The molecule has 6 nitrogen and oxygen atoms in total. The number of thiazole rings is 1. The maximum atomic E-state index is 4.64. The van der Waals surface area contributed by atoms with Gasteiger partial charge in [0, 0.05) is 23.8 Å². The predicted octanol–water partition coefficient (Wildman–Crippen LogP) is 3.59. The third-order valence-corrected chi connectivity index (χ3v) is 4.96. The summed E-state index contributed by atoms with van der Waals surface area (Å²) in [4.78, 5) is 15.1. The fraction of sp³-hybridized carbons (Fsp3) is 0.389. The lowest BCUT2D eigenvalue weighted by atomic mass is 10.3. The first-order valence-corrected chi connectivity index (χ1v) is 9.26. The molecule has 0 bridgehead atoms. The molecule has 0 aliphatic heterocycles. The van der Waals surface area contributed by atoms with E-state index in [2.05, 4.69) is 58.5 Å². The fourth-order valence-corrected chi connectivity index (χ4v) is 3.36. The number of rotatable bonds is 5. The fourth-order valence-electron chi connectivity index (χ4n) is 2.49. The molecule has 0 spiro atoms. The quantitative estimate of drug-likeness (QED) is 0.330. The average molecular weight is 484 g/mol. The Kier molecular flexibility index (Phi) is 7.39. The molecule has 3 aromatic rings. The number of halogens is 1. The van der Waals surface area contributed by atoms with Crippen LogP contribution in [0.1, 0.15) is 33.8 Å². The van der Waals surface area contributed by atoms with E-state index in [9.17, 15) is 0 Å². The average Bonchev–Trinajstić information content (AvgIpc) is 3.12. The first-order valence-electron chi connectivity index (χ1n) is 8.44. The number of hydrogen-bond donors (Lipinski definition) is 2.